The molecule has 6 heteroatoms. The van der Waals surface area contributed by atoms with Crippen molar-refractivity contribution in [1.29, 1.82) is 1.45 Å². The third-order valence-electron chi connectivity index (χ3n) is 5.11. The van der Waals surface area contributed by atoms with Crippen LogP contribution in [-0.4, -0.2) is 50.2 Å². The lowest BCUT2D eigenvalue weighted by molar-refractivity contribution is -0.138. The molecule has 148 valence electrons. The molecule has 0 aromatic heterocycles. The highest BCUT2D eigenvalue weighted by Gasteiger charge is 2.18. The molecule has 26 heavy (non-hydrogen) atoms. The number of rotatable bonds is 7. The number of halogens is 1. The number of hydrogen-bond acceptors (Lipinski definition) is 4. The van der Waals surface area contributed by atoms with Crippen LogP contribution in [0.4, 0.5) is 4.72 Å². The molecule has 0 saturated carbocycles. The molecule has 0 unspecified atom stereocenters. The van der Waals surface area contributed by atoms with E-state index in [1.54, 1.807) is 0 Å². The fourth-order valence-electron chi connectivity index (χ4n) is 3.74. The zero-order chi connectivity index (χ0) is 18.8. The largest absolute Gasteiger partial charge is 0.494 e. The molecule has 1 saturated heterocycles. The predicted molar refractivity (Wildman–Crippen MR) is 103 cm³/mol. The molecule has 1 aromatic carbocycles. The van der Waals surface area contributed by atoms with Gasteiger partial charge in [-0.25, -0.2) is 0 Å². The van der Waals surface area contributed by atoms with E-state index in [1.807, 2.05) is 11.0 Å². The average Bonchev–Trinajstić information content (AvgIpc) is 2.67. The second-order valence-electron chi connectivity index (χ2n) is 6.97. The van der Waals surface area contributed by atoms with Gasteiger partial charge in [0, 0.05) is 13.1 Å². The van der Waals surface area contributed by atoms with Crippen molar-refractivity contribution in [2.75, 3.05) is 32.8 Å². The Balaban J connectivity index is 0.00000118. The van der Waals surface area contributed by atoms with E-state index < -0.39 is 5.97 Å². The summed E-state index contributed by atoms with van der Waals surface area (Å²) in [5, 5.41) is 12.3. The minimum Gasteiger partial charge on any atom is -0.494 e. The van der Waals surface area contributed by atoms with E-state index >= 15 is 0 Å². The number of ether oxygens (including phenoxy) is 1. The smallest absolute Gasteiger partial charge is 0.317 e. The molecule has 0 radical (unpaired) electrons. The van der Waals surface area contributed by atoms with Crippen molar-refractivity contribution in [3.8, 4) is 5.75 Å². The zero-order valence-electron chi connectivity index (χ0n) is 15.7. The van der Waals surface area contributed by atoms with Crippen LogP contribution in [0.1, 0.15) is 44.2 Å². The summed E-state index contributed by atoms with van der Waals surface area (Å²) in [5.41, 5.74) is 2.53. The summed E-state index contributed by atoms with van der Waals surface area (Å²) in [6, 6.07) is 6.25. The van der Waals surface area contributed by atoms with Crippen LogP contribution in [0.3, 0.4) is 0 Å². The van der Waals surface area contributed by atoms with Crippen molar-refractivity contribution in [2.24, 2.45) is 5.92 Å². The Labute approximate surface area is 157 Å². The summed E-state index contributed by atoms with van der Waals surface area (Å²) in [6.07, 6.45) is 5.87. The van der Waals surface area contributed by atoms with Crippen molar-refractivity contribution in [1.82, 2.24) is 10.2 Å². The van der Waals surface area contributed by atoms with Gasteiger partial charge in [-0.1, -0.05) is 13.5 Å². The van der Waals surface area contributed by atoms with Gasteiger partial charge in [0.2, 0.25) is 0 Å². The standard InChI is InChI=1S/C19H28N2O3.CH4.FH/c22-19(23)14-21-10-7-16-12-18(4-3-17(16)13-21)24-11-1-2-15-5-8-20-9-6-15;;/h3-4,12,15,20H,1-2,5-11,13-14H2,(H,22,23);1H4;1H/i/hT. The van der Waals surface area contributed by atoms with Gasteiger partial charge in [0.05, 0.1) is 13.2 Å². The molecule has 2 aliphatic rings. The van der Waals surface area contributed by atoms with Crippen molar-refractivity contribution in [2.45, 2.75) is 46.1 Å². The molecular weight excluding hydrogens is 335 g/mol. The number of piperidine rings is 1. The van der Waals surface area contributed by atoms with Gasteiger partial charge >= 0.3 is 5.97 Å². The first-order valence-corrected chi connectivity index (χ1v) is 9.10. The monoisotopic (exact) mass is 370 g/mol. The second-order valence-corrected chi connectivity index (χ2v) is 6.97. The Bertz CT molecular complexity index is 568. The minimum absolute atomic E-state index is 0. The maximum absolute atomic E-state index is 10.8. The van der Waals surface area contributed by atoms with Gasteiger partial charge in [-0.3, -0.25) is 14.4 Å². The molecule has 0 spiro atoms. The molecular formula is C20H33FN2O3. The van der Waals surface area contributed by atoms with Gasteiger partial charge in [-0.15, -0.1) is 0 Å². The number of carbonyl (C=O) groups is 1. The van der Waals surface area contributed by atoms with Crippen LogP contribution in [0, 0.1) is 5.92 Å². The van der Waals surface area contributed by atoms with E-state index in [0.717, 1.165) is 57.3 Å². The Morgan fingerprint density at radius 2 is 2.12 bits per heavy atom. The molecule has 2 N–H and O–H groups in total. The fraction of sp³-hybridized carbons (Fsp3) is 0.650. The van der Waals surface area contributed by atoms with E-state index in [9.17, 15) is 4.79 Å². The topological polar surface area (TPSA) is 61.8 Å². The molecule has 1 aromatic rings. The summed E-state index contributed by atoms with van der Waals surface area (Å²) in [4.78, 5) is 12.8. The molecule has 1 fully saturated rings. The number of fused-ring (bicyclic) bond motifs is 1. The first kappa shape index (κ1) is 20.6. The molecule has 0 atom stereocenters. The van der Waals surface area contributed by atoms with Gasteiger partial charge in [0.1, 0.15) is 5.75 Å². The highest BCUT2D eigenvalue weighted by Crippen LogP contribution is 2.24. The first-order valence-electron chi connectivity index (χ1n) is 9.48. The van der Waals surface area contributed by atoms with Crippen LogP contribution in [0.5, 0.6) is 5.75 Å². The highest BCUT2D eigenvalue weighted by atomic mass is 19.0. The van der Waals surface area contributed by atoms with Gasteiger partial charge in [0.25, 0.3) is 1.45 Å². The third-order valence-corrected chi connectivity index (χ3v) is 5.11. The summed E-state index contributed by atoms with van der Waals surface area (Å²) < 4.78 is 18.9. The third kappa shape index (κ3) is 6.57. The number of aliphatic carboxylic acids is 1. The van der Waals surface area contributed by atoms with Crippen LogP contribution >= 0.6 is 0 Å². The number of carboxylic acid groups (broad SMARTS) is 1. The quantitative estimate of drug-likeness (QED) is 0.722. The van der Waals surface area contributed by atoms with Crippen molar-refractivity contribution in [3.63, 3.8) is 0 Å². The fourth-order valence-corrected chi connectivity index (χ4v) is 3.74. The Kier molecular flexibility index (Phi) is 8.85. The van der Waals surface area contributed by atoms with E-state index in [-0.39, 0.29) is 14.0 Å². The van der Waals surface area contributed by atoms with Gasteiger partial charge in [-0.05, 0) is 74.4 Å². The van der Waals surface area contributed by atoms with E-state index in [2.05, 4.69) is 18.9 Å². The molecule has 3 rings (SSSR count). The molecule has 2 aliphatic heterocycles. The Morgan fingerprint density at radius 1 is 1.35 bits per heavy atom. The summed E-state index contributed by atoms with van der Waals surface area (Å²) in [5.74, 6) is 1.05. The average molecular weight is 371 g/mol. The first-order chi connectivity index (χ1) is 12.7. The van der Waals surface area contributed by atoms with E-state index in [4.69, 9.17) is 14.6 Å². The molecule has 5 nitrogen and oxygen atoms in total. The minimum atomic E-state index is -0.757. The Hall–Kier alpha value is -1.66. The van der Waals surface area contributed by atoms with Crippen LogP contribution < -0.4 is 10.1 Å². The number of benzene rings is 1. The van der Waals surface area contributed by atoms with E-state index in [0.29, 0.717) is 0 Å². The summed E-state index contributed by atoms with van der Waals surface area (Å²) >= 11 is 0. The lowest BCUT2D eigenvalue weighted by Crippen LogP contribution is -2.34. The predicted octanol–water partition coefficient (Wildman–Crippen LogP) is 3.08. The summed E-state index contributed by atoms with van der Waals surface area (Å²) in [7, 11) is 0. The van der Waals surface area contributed by atoms with Crippen molar-refractivity contribution in [3.05, 3.63) is 29.3 Å². The highest BCUT2D eigenvalue weighted by molar-refractivity contribution is 5.69. The van der Waals surface area contributed by atoms with Crippen molar-refractivity contribution < 1.29 is 19.4 Å². The maximum atomic E-state index is 10.8. The number of nitrogens with zero attached hydrogens (tertiary/aromatic N) is 1. The molecule has 0 bridgehead atoms. The lowest BCUT2D eigenvalue weighted by Gasteiger charge is -2.27. The molecule has 0 aliphatic carbocycles. The SMILES string of the molecule is C.O=C(O)CN1CCc2cc(OCCCC3CCNCC3)ccc2C1.[3H]F. The number of hydrogen-bond donors (Lipinski definition) is 2. The molecule has 2 heterocycles. The Morgan fingerprint density at radius 3 is 2.85 bits per heavy atom. The van der Waals surface area contributed by atoms with E-state index in [1.165, 1.54) is 30.4 Å². The van der Waals surface area contributed by atoms with Crippen LogP contribution in [0.25, 0.3) is 0 Å². The van der Waals surface area contributed by atoms with Crippen LogP contribution in [-0.2, 0) is 17.8 Å². The van der Waals surface area contributed by atoms with Gasteiger partial charge in [-0.2, -0.15) is 0 Å². The normalized spacial score (nSPS) is 17.8. The second kappa shape index (κ2) is 11.1. The molecule has 0 amide bonds. The number of nitrogens with one attached hydrogen (secondary N) is 1. The maximum Gasteiger partial charge on any atom is 0.317 e. The lowest BCUT2D eigenvalue weighted by atomic mass is 9.93. The van der Waals surface area contributed by atoms with Gasteiger partial charge < -0.3 is 15.2 Å². The van der Waals surface area contributed by atoms with Crippen LogP contribution in [0.15, 0.2) is 18.2 Å². The van der Waals surface area contributed by atoms with Crippen molar-refractivity contribution >= 4 is 5.97 Å². The number of carboxylic acids is 1. The summed E-state index contributed by atoms with van der Waals surface area (Å²) in [6.45, 7) is 4.75. The van der Waals surface area contributed by atoms with Crippen LogP contribution in [0.2, 0.25) is 0 Å². The van der Waals surface area contributed by atoms with Gasteiger partial charge in [0.15, 0.2) is 0 Å². The zero-order valence-corrected chi connectivity index (χ0v) is 14.7.